The predicted octanol–water partition coefficient (Wildman–Crippen LogP) is 3.04. The van der Waals surface area contributed by atoms with Crippen LogP contribution in [0, 0.1) is 0 Å². The largest absolute Gasteiger partial charge is 0.416 e. The Morgan fingerprint density at radius 2 is 1.84 bits per heavy atom. The van der Waals surface area contributed by atoms with Crippen molar-refractivity contribution in [2.75, 3.05) is 46.4 Å². The third kappa shape index (κ3) is 4.44. The van der Waals surface area contributed by atoms with E-state index in [1.807, 2.05) is 0 Å². The van der Waals surface area contributed by atoms with E-state index in [1.54, 1.807) is 15.9 Å². The van der Waals surface area contributed by atoms with Crippen molar-refractivity contribution in [3.05, 3.63) is 46.5 Å². The highest BCUT2D eigenvalue weighted by atomic mass is 19.4. The number of amides is 2. The Balaban J connectivity index is 1.42. The summed E-state index contributed by atoms with van der Waals surface area (Å²) in [5, 5.41) is 0. The number of hydrogen-bond donors (Lipinski definition) is 0. The zero-order valence-corrected chi connectivity index (χ0v) is 18.0. The summed E-state index contributed by atoms with van der Waals surface area (Å²) in [6.07, 6.45) is -2.77. The SMILES string of the molecule is COCC(=O)N1CCC2=C(C1)C(C(=O)N1CCC(c3ccccc3C(F)(F)F)CC1)=NC2. The average Bonchev–Trinajstić information content (AvgIpc) is 3.21. The summed E-state index contributed by atoms with van der Waals surface area (Å²) < 4.78 is 45.1. The molecule has 4 rings (SSSR count). The molecule has 32 heavy (non-hydrogen) atoms. The van der Waals surface area contributed by atoms with E-state index in [0.29, 0.717) is 63.3 Å². The highest BCUT2D eigenvalue weighted by molar-refractivity contribution is 6.46. The fraction of sp³-hybridized carbons (Fsp3) is 0.522. The molecule has 0 spiro atoms. The maximum absolute atomic E-state index is 13.4. The van der Waals surface area contributed by atoms with Crippen LogP contribution in [0.15, 0.2) is 40.4 Å². The van der Waals surface area contributed by atoms with E-state index in [9.17, 15) is 22.8 Å². The van der Waals surface area contributed by atoms with Crippen molar-refractivity contribution < 1.29 is 27.5 Å². The topological polar surface area (TPSA) is 62.2 Å². The first-order valence-electron chi connectivity index (χ1n) is 10.8. The van der Waals surface area contributed by atoms with Gasteiger partial charge in [-0.15, -0.1) is 0 Å². The second kappa shape index (κ2) is 9.05. The Labute approximate surface area is 184 Å². The van der Waals surface area contributed by atoms with Gasteiger partial charge in [0.1, 0.15) is 12.3 Å². The standard InChI is InChI=1S/C23H26F3N3O3/c1-32-14-20(30)29-11-8-16-12-27-21(18(16)13-29)22(31)28-9-6-15(7-10-28)17-4-2-3-5-19(17)23(24,25)26/h2-5,15H,6-14H2,1H3. The minimum absolute atomic E-state index is 0.00402. The molecule has 9 heteroatoms. The number of halogens is 3. The van der Waals surface area contributed by atoms with Crippen molar-refractivity contribution in [1.82, 2.24) is 9.80 Å². The van der Waals surface area contributed by atoms with Crippen molar-refractivity contribution in [2.24, 2.45) is 4.99 Å². The van der Waals surface area contributed by atoms with Crippen LogP contribution in [0.1, 0.15) is 36.3 Å². The van der Waals surface area contributed by atoms with E-state index >= 15 is 0 Å². The molecule has 3 aliphatic heterocycles. The second-order valence-corrected chi connectivity index (χ2v) is 8.40. The number of alkyl halides is 3. The quantitative estimate of drug-likeness (QED) is 0.710. The minimum atomic E-state index is -4.39. The Morgan fingerprint density at radius 3 is 2.53 bits per heavy atom. The lowest BCUT2D eigenvalue weighted by molar-refractivity contribution is -0.138. The van der Waals surface area contributed by atoms with Crippen molar-refractivity contribution >= 4 is 17.5 Å². The fourth-order valence-corrected chi connectivity index (χ4v) is 4.77. The Bertz CT molecular complexity index is 963. The maximum Gasteiger partial charge on any atom is 0.416 e. The van der Waals surface area contributed by atoms with Crippen molar-refractivity contribution in [3.8, 4) is 0 Å². The molecule has 3 heterocycles. The summed E-state index contributed by atoms with van der Waals surface area (Å²) in [6, 6.07) is 5.69. The molecule has 3 aliphatic rings. The van der Waals surface area contributed by atoms with Crippen LogP contribution in [0.25, 0.3) is 0 Å². The molecule has 6 nitrogen and oxygen atoms in total. The zero-order valence-electron chi connectivity index (χ0n) is 18.0. The van der Waals surface area contributed by atoms with Gasteiger partial charge in [0.05, 0.1) is 12.1 Å². The first-order chi connectivity index (χ1) is 15.3. The van der Waals surface area contributed by atoms with Crippen LogP contribution in [0.3, 0.4) is 0 Å². The number of piperidine rings is 1. The molecule has 0 aliphatic carbocycles. The third-order valence-electron chi connectivity index (χ3n) is 6.48. The molecule has 1 aromatic carbocycles. The van der Waals surface area contributed by atoms with Gasteiger partial charge in [0, 0.05) is 38.9 Å². The van der Waals surface area contributed by atoms with Gasteiger partial charge in [-0.3, -0.25) is 14.6 Å². The second-order valence-electron chi connectivity index (χ2n) is 8.40. The number of carbonyl (C=O) groups is 2. The lowest BCUT2D eigenvalue weighted by Gasteiger charge is -2.34. The molecule has 0 atom stereocenters. The molecule has 0 N–H and O–H groups in total. The smallest absolute Gasteiger partial charge is 0.375 e. The predicted molar refractivity (Wildman–Crippen MR) is 112 cm³/mol. The molecule has 0 radical (unpaired) electrons. The maximum atomic E-state index is 13.4. The van der Waals surface area contributed by atoms with Gasteiger partial charge in [-0.1, -0.05) is 18.2 Å². The molecule has 1 aromatic rings. The van der Waals surface area contributed by atoms with Gasteiger partial charge < -0.3 is 14.5 Å². The lowest BCUT2D eigenvalue weighted by atomic mass is 9.86. The van der Waals surface area contributed by atoms with E-state index in [4.69, 9.17) is 4.74 Å². The number of nitrogens with zero attached hydrogens (tertiary/aromatic N) is 3. The summed E-state index contributed by atoms with van der Waals surface area (Å²) in [5.74, 6) is -0.561. The summed E-state index contributed by atoms with van der Waals surface area (Å²) in [7, 11) is 1.47. The molecule has 0 bridgehead atoms. The molecule has 0 unspecified atom stereocenters. The highest BCUT2D eigenvalue weighted by Gasteiger charge is 2.38. The Kier molecular flexibility index (Phi) is 6.37. The van der Waals surface area contributed by atoms with Crippen molar-refractivity contribution in [3.63, 3.8) is 0 Å². The average molecular weight is 449 g/mol. The monoisotopic (exact) mass is 449 g/mol. The van der Waals surface area contributed by atoms with E-state index in [-0.39, 0.29) is 24.3 Å². The lowest BCUT2D eigenvalue weighted by Crippen LogP contribution is -2.45. The normalized spacial score (nSPS) is 19.8. The molecule has 0 aromatic heterocycles. The van der Waals surface area contributed by atoms with E-state index in [1.165, 1.54) is 19.2 Å². The zero-order chi connectivity index (χ0) is 22.9. The number of carbonyl (C=O) groups excluding carboxylic acids is 2. The number of hydrogen-bond acceptors (Lipinski definition) is 4. The number of benzene rings is 1. The Hall–Kier alpha value is -2.68. The molecule has 0 saturated carbocycles. The van der Waals surface area contributed by atoms with Gasteiger partial charge in [-0.25, -0.2) is 0 Å². The molecule has 1 saturated heterocycles. The van der Waals surface area contributed by atoms with E-state index < -0.39 is 11.7 Å². The van der Waals surface area contributed by atoms with Crippen LogP contribution in [0.4, 0.5) is 13.2 Å². The first-order valence-corrected chi connectivity index (χ1v) is 10.8. The van der Waals surface area contributed by atoms with Gasteiger partial charge in [0.25, 0.3) is 5.91 Å². The molecule has 172 valence electrons. The van der Waals surface area contributed by atoms with Gasteiger partial charge in [0.2, 0.25) is 5.91 Å². The van der Waals surface area contributed by atoms with Crippen LogP contribution in [0.5, 0.6) is 0 Å². The van der Waals surface area contributed by atoms with Gasteiger partial charge in [-0.05, 0) is 42.4 Å². The number of rotatable bonds is 4. The summed E-state index contributed by atoms with van der Waals surface area (Å²) in [6.45, 7) is 2.15. The van der Waals surface area contributed by atoms with Crippen LogP contribution >= 0.6 is 0 Å². The summed E-state index contributed by atoms with van der Waals surface area (Å²) in [5.41, 5.74) is 2.00. The first kappa shape index (κ1) is 22.5. The molecule has 2 amide bonds. The van der Waals surface area contributed by atoms with Gasteiger partial charge in [0.15, 0.2) is 0 Å². The van der Waals surface area contributed by atoms with Gasteiger partial charge >= 0.3 is 6.18 Å². The fourth-order valence-electron chi connectivity index (χ4n) is 4.77. The summed E-state index contributed by atoms with van der Waals surface area (Å²) >= 11 is 0. The third-order valence-corrected chi connectivity index (χ3v) is 6.48. The number of aliphatic imine (C=N–C) groups is 1. The van der Waals surface area contributed by atoms with E-state index in [0.717, 1.165) is 17.2 Å². The summed E-state index contributed by atoms with van der Waals surface area (Å²) in [4.78, 5) is 33.2. The van der Waals surface area contributed by atoms with Crippen LogP contribution in [-0.4, -0.2) is 73.8 Å². The van der Waals surface area contributed by atoms with Crippen molar-refractivity contribution in [1.29, 1.82) is 0 Å². The van der Waals surface area contributed by atoms with Crippen LogP contribution in [0.2, 0.25) is 0 Å². The molecule has 1 fully saturated rings. The minimum Gasteiger partial charge on any atom is -0.375 e. The van der Waals surface area contributed by atoms with E-state index in [2.05, 4.69) is 4.99 Å². The highest BCUT2D eigenvalue weighted by Crippen LogP contribution is 2.39. The van der Waals surface area contributed by atoms with Crippen molar-refractivity contribution in [2.45, 2.75) is 31.4 Å². The number of likely N-dealkylation sites (tertiary alicyclic amines) is 1. The van der Waals surface area contributed by atoms with Crippen LogP contribution < -0.4 is 0 Å². The molecular weight excluding hydrogens is 423 g/mol. The number of methoxy groups -OCH3 is 1. The Morgan fingerprint density at radius 1 is 1.12 bits per heavy atom. The number of ether oxygens (including phenoxy) is 1. The van der Waals surface area contributed by atoms with Crippen LogP contribution in [-0.2, 0) is 20.5 Å². The van der Waals surface area contributed by atoms with Gasteiger partial charge in [-0.2, -0.15) is 13.2 Å². The molecular formula is C23H26F3N3O3.